The van der Waals surface area contributed by atoms with Crippen molar-refractivity contribution in [1.82, 2.24) is 9.78 Å². The Bertz CT molecular complexity index is 551. The third kappa shape index (κ3) is 2.13. The molecule has 3 atom stereocenters. The van der Waals surface area contributed by atoms with Crippen LogP contribution in [0.15, 0.2) is 4.47 Å². The third-order valence-corrected chi connectivity index (χ3v) is 7.62. The second-order valence-electron chi connectivity index (χ2n) is 7.57. The van der Waals surface area contributed by atoms with Crippen molar-refractivity contribution in [2.45, 2.75) is 73.1 Å². The van der Waals surface area contributed by atoms with Crippen LogP contribution >= 0.6 is 15.9 Å². The zero-order chi connectivity index (χ0) is 15.4. The van der Waals surface area contributed by atoms with Crippen LogP contribution in [0.5, 0.6) is 0 Å². The molecule has 2 aliphatic carbocycles. The van der Waals surface area contributed by atoms with Gasteiger partial charge in [0.15, 0.2) is 0 Å². The van der Waals surface area contributed by atoms with E-state index >= 15 is 0 Å². The van der Waals surface area contributed by atoms with E-state index in [-0.39, 0.29) is 0 Å². The van der Waals surface area contributed by atoms with Gasteiger partial charge in [-0.2, -0.15) is 5.10 Å². The first kappa shape index (κ1) is 15.5. The second-order valence-corrected chi connectivity index (χ2v) is 8.36. The Balaban J connectivity index is 1.75. The molecule has 1 aromatic rings. The average molecular weight is 355 g/mol. The van der Waals surface area contributed by atoms with Crippen LogP contribution in [0.3, 0.4) is 0 Å². The van der Waals surface area contributed by atoms with Gasteiger partial charge in [-0.25, -0.2) is 0 Å². The van der Waals surface area contributed by atoms with Crippen LogP contribution in [0.4, 0.5) is 0 Å². The minimum atomic E-state index is 0.330. The first-order chi connectivity index (χ1) is 9.81. The molecule has 1 heterocycles. The second kappa shape index (κ2) is 5.09. The third-order valence-electron chi connectivity index (χ3n) is 6.59. The lowest BCUT2D eigenvalue weighted by Gasteiger charge is -2.38. The molecule has 3 unspecified atom stereocenters. The van der Waals surface area contributed by atoms with Gasteiger partial charge in [-0.15, -0.1) is 0 Å². The number of halogens is 1. The van der Waals surface area contributed by atoms with Crippen molar-refractivity contribution in [1.29, 1.82) is 0 Å². The monoisotopic (exact) mass is 354 g/mol. The summed E-state index contributed by atoms with van der Waals surface area (Å²) in [5.74, 6) is 0.828. The number of hydrogen-bond acceptors (Lipinski definition) is 2. The SMILES string of the molecule is CCn1nc(C)c(Br)c1COC1CC2CCC1(C)C2(C)C. The molecule has 1 aromatic heterocycles. The van der Waals surface area contributed by atoms with Gasteiger partial charge >= 0.3 is 0 Å². The highest BCUT2D eigenvalue weighted by Crippen LogP contribution is 2.66. The zero-order valence-corrected chi connectivity index (χ0v) is 15.5. The largest absolute Gasteiger partial charge is 0.371 e. The van der Waals surface area contributed by atoms with Crippen molar-refractivity contribution in [3.05, 3.63) is 15.9 Å². The van der Waals surface area contributed by atoms with Crippen LogP contribution in [0.1, 0.15) is 58.3 Å². The predicted molar refractivity (Wildman–Crippen MR) is 88.1 cm³/mol. The van der Waals surface area contributed by atoms with Crippen LogP contribution in [-0.2, 0) is 17.9 Å². The Morgan fingerprint density at radius 3 is 2.62 bits per heavy atom. The topological polar surface area (TPSA) is 27.1 Å². The molecule has 0 spiro atoms. The maximum Gasteiger partial charge on any atom is 0.0900 e. The molecule has 2 bridgehead atoms. The van der Waals surface area contributed by atoms with Crippen molar-refractivity contribution < 1.29 is 4.74 Å². The highest BCUT2D eigenvalue weighted by atomic mass is 79.9. The van der Waals surface area contributed by atoms with Gasteiger partial charge in [-0.3, -0.25) is 4.68 Å². The lowest BCUT2D eigenvalue weighted by atomic mass is 9.70. The number of nitrogens with zero attached hydrogens (tertiary/aromatic N) is 2. The number of aromatic nitrogens is 2. The minimum absolute atomic E-state index is 0.330. The van der Waals surface area contributed by atoms with Crippen LogP contribution < -0.4 is 0 Å². The summed E-state index contributed by atoms with van der Waals surface area (Å²) >= 11 is 3.66. The predicted octanol–water partition coefficient (Wildman–Crippen LogP) is 4.71. The van der Waals surface area contributed by atoms with E-state index < -0.39 is 0 Å². The highest BCUT2D eigenvalue weighted by molar-refractivity contribution is 9.10. The first-order valence-electron chi connectivity index (χ1n) is 8.14. The molecular weight excluding hydrogens is 328 g/mol. The van der Waals surface area contributed by atoms with E-state index in [2.05, 4.69) is 53.4 Å². The van der Waals surface area contributed by atoms with Gasteiger partial charge in [0.25, 0.3) is 0 Å². The summed E-state index contributed by atoms with van der Waals surface area (Å²) in [5.41, 5.74) is 2.97. The van der Waals surface area contributed by atoms with E-state index in [1.165, 1.54) is 25.0 Å². The Kier molecular flexibility index (Phi) is 3.77. The van der Waals surface area contributed by atoms with Gasteiger partial charge in [0.1, 0.15) is 0 Å². The highest BCUT2D eigenvalue weighted by Gasteiger charge is 2.61. The number of hydrogen-bond donors (Lipinski definition) is 0. The Hall–Kier alpha value is -0.350. The van der Waals surface area contributed by atoms with Gasteiger partial charge in [0, 0.05) is 6.54 Å². The molecule has 3 rings (SSSR count). The average Bonchev–Trinajstić information content (AvgIpc) is 2.91. The van der Waals surface area contributed by atoms with Gasteiger partial charge in [0.2, 0.25) is 0 Å². The number of fused-ring (bicyclic) bond motifs is 2. The first-order valence-corrected chi connectivity index (χ1v) is 8.94. The molecule has 118 valence electrons. The van der Waals surface area contributed by atoms with E-state index in [1.807, 2.05) is 6.92 Å². The zero-order valence-electron chi connectivity index (χ0n) is 13.9. The van der Waals surface area contributed by atoms with E-state index in [4.69, 9.17) is 4.74 Å². The summed E-state index contributed by atoms with van der Waals surface area (Å²) in [7, 11) is 0. The molecule has 2 fully saturated rings. The van der Waals surface area contributed by atoms with Crippen LogP contribution in [0.2, 0.25) is 0 Å². The van der Waals surface area contributed by atoms with Crippen molar-refractivity contribution in [2.75, 3.05) is 0 Å². The van der Waals surface area contributed by atoms with E-state index in [9.17, 15) is 0 Å². The quantitative estimate of drug-likeness (QED) is 0.782. The molecule has 0 N–H and O–H groups in total. The molecule has 2 saturated carbocycles. The van der Waals surface area contributed by atoms with Crippen molar-refractivity contribution in [3.8, 4) is 0 Å². The van der Waals surface area contributed by atoms with Crippen molar-refractivity contribution in [2.24, 2.45) is 16.7 Å². The number of ether oxygens (including phenoxy) is 1. The summed E-state index contributed by atoms with van der Waals surface area (Å²) in [6.07, 6.45) is 4.29. The Labute approximate surface area is 136 Å². The molecule has 0 aromatic carbocycles. The number of aryl methyl sites for hydroxylation is 2. The van der Waals surface area contributed by atoms with Gasteiger partial charge < -0.3 is 4.74 Å². The fourth-order valence-corrected chi connectivity index (χ4v) is 4.97. The summed E-state index contributed by atoms with van der Waals surface area (Å²) in [4.78, 5) is 0. The van der Waals surface area contributed by atoms with E-state index in [0.29, 0.717) is 23.5 Å². The van der Waals surface area contributed by atoms with Gasteiger partial charge in [0.05, 0.1) is 28.6 Å². The van der Waals surface area contributed by atoms with Gasteiger partial charge in [-0.05, 0) is 65.8 Å². The summed E-state index contributed by atoms with van der Waals surface area (Å²) in [5, 5.41) is 4.56. The molecular formula is C17H27BrN2O. The minimum Gasteiger partial charge on any atom is -0.371 e. The smallest absolute Gasteiger partial charge is 0.0900 e. The van der Waals surface area contributed by atoms with Crippen molar-refractivity contribution in [3.63, 3.8) is 0 Å². The summed E-state index contributed by atoms with van der Waals surface area (Å²) in [6.45, 7) is 13.0. The molecule has 2 aliphatic rings. The standard InChI is InChI=1S/C17H27BrN2O/c1-6-20-13(15(18)11(2)19-20)10-21-14-9-12-7-8-17(14,5)16(12,3)4/h12,14H,6-10H2,1-5H3. The summed E-state index contributed by atoms with van der Waals surface area (Å²) in [6, 6.07) is 0. The fraction of sp³-hybridized carbons (Fsp3) is 0.824. The van der Waals surface area contributed by atoms with Gasteiger partial charge in [-0.1, -0.05) is 20.8 Å². The fourth-order valence-electron chi connectivity index (χ4n) is 4.57. The molecule has 4 heteroatoms. The lowest BCUT2D eigenvalue weighted by molar-refractivity contribution is -0.0571. The number of rotatable bonds is 4. The molecule has 0 radical (unpaired) electrons. The van der Waals surface area contributed by atoms with E-state index in [1.54, 1.807) is 0 Å². The van der Waals surface area contributed by atoms with Crippen molar-refractivity contribution >= 4 is 15.9 Å². The lowest BCUT2D eigenvalue weighted by Crippen LogP contribution is -2.37. The van der Waals surface area contributed by atoms with Crippen LogP contribution in [0, 0.1) is 23.7 Å². The Morgan fingerprint density at radius 2 is 2.10 bits per heavy atom. The van der Waals surface area contributed by atoms with E-state index in [0.717, 1.165) is 22.6 Å². The van der Waals surface area contributed by atoms with Crippen LogP contribution in [-0.4, -0.2) is 15.9 Å². The maximum atomic E-state index is 6.41. The molecule has 21 heavy (non-hydrogen) atoms. The molecule has 3 nitrogen and oxygen atoms in total. The molecule has 0 amide bonds. The normalized spacial score (nSPS) is 33.8. The Morgan fingerprint density at radius 1 is 1.38 bits per heavy atom. The molecule has 0 aliphatic heterocycles. The summed E-state index contributed by atoms with van der Waals surface area (Å²) < 4.78 is 9.57. The maximum absolute atomic E-state index is 6.41. The molecule has 0 saturated heterocycles. The van der Waals surface area contributed by atoms with Crippen LogP contribution in [0.25, 0.3) is 0 Å².